The lowest BCUT2D eigenvalue weighted by atomic mass is 9.84. The lowest BCUT2D eigenvalue weighted by Crippen LogP contribution is -2.54. The van der Waals surface area contributed by atoms with Crippen LogP contribution in [0.2, 0.25) is 0 Å². The van der Waals surface area contributed by atoms with Crippen molar-refractivity contribution < 1.29 is 4.79 Å². The van der Waals surface area contributed by atoms with Crippen molar-refractivity contribution in [3.63, 3.8) is 0 Å². The zero-order valence-electron chi connectivity index (χ0n) is 18.2. The number of carbonyl (C=O) groups is 1. The van der Waals surface area contributed by atoms with Crippen LogP contribution in [0.15, 0.2) is 29.4 Å². The van der Waals surface area contributed by atoms with Crippen LogP contribution in [-0.4, -0.2) is 104 Å². The first-order valence-corrected chi connectivity index (χ1v) is 11.4. The van der Waals surface area contributed by atoms with Crippen molar-refractivity contribution >= 4 is 17.7 Å². The van der Waals surface area contributed by atoms with Gasteiger partial charge in [-0.05, 0) is 25.0 Å². The van der Waals surface area contributed by atoms with Crippen LogP contribution in [0.3, 0.4) is 0 Å². The van der Waals surface area contributed by atoms with E-state index in [1.165, 1.54) is 6.42 Å². The second-order valence-corrected chi connectivity index (χ2v) is 8.43. The van der Waals surface area contributed by atoms with E-state index < -0.39 is 0 Å². The van der Waals surface area contributed by atoms with E-state index in [4.69, 9.17) is 0 Å². The Bertz CT molecular complexity index is 705. The average molecular weight is 414 g/mol. The van der Waals surface area contributed by atoms with E-state index in [0.29, 0.717) is 11.8 Å². The molecule has 0 bridgehead atoms. The highest BCUT2D eigenvalue weighted by Gasteiger charge is 2.31. The molecule has 2 aliphatic heterocycles. The van der Waals surface area contributed by atoms with Gasteiger partial charge in [-0.1, -0.05) is 12.5 Å². The molecule has 1 aliphatic carbocycles. The molecule has 3 aliphatic rings. The molecule has 1 N–H and O–H groups in total. The molecule has 1 saturated carbocycles. The van der Waals surface area contributed by atoms with Crippen molar-refractivity contribution in [2.45, 2.75) is 19.3 Å². The Hall–Kier alpha value is -2.35. The number of pyridine rings is 1. The number of carbonyl (C=O) groups excluding carboxylic acids is 1. The summed E-state index contributed by atoms with van der Waals surface area (Å²) in [6.45, 7) is 9.35. The standard InChI is InChI=1S/C22H35N7O/c1-23-22(29-17-15-27(16-18-29)20-7-2-3-8-24-20)25-9-10-26-11-13-28(14-12-26)21(30)19-5-4-6-19/h2-3,7-8,19H,4-6,9-18H2,1H3,(H,23,25). The number of anilines is 1. The Morgan fingerprint density at radius 3 is 2.40 bits per heavy atom. The first-order chi connectivity index (χ1) is 14.7. The fourth-order valence-corrected chi connectivity index (χ4v) is 4.45. The zero-order valence-corrected chi connectivity index (χ0v) is 18.2. The van der Waals surface area contributed by atoms with Gasteiger partial charge in [-0.2, -0.15) is 0 Å². The molecular formula is C22H35N7O. The zero-order chi connectivity index (χ0) is 20.8. The fourth-order valence-electron chi connectivity index (χ4n) is 4.45. The summed E-state index contributed by atoms with van der Waals surface area (Å²) in [5.74, 6) is 2.74. The molecule has 164 valence electrons. The van der Waals surface area contributed by atoms with E-state index in [1.54, 1.807) is 0 Å². The maximum Gasteiger partial charge on any atom is 0.225 e. The third-order valence-electron chi connectivity index (χ3n) is 6.61. The number of nitrogens with zero attached hydrogens (tertiary/aromatic N) is 6. The van der Waals surface area contributed by atoms with Crippen LogP contribution < -0.4 is 10.2 Å². The molecule has 0 radical (unpaired) electrons. The molecule has 3 fully saturated rings. The fraction of sp³-hybridized carbons (Fsp3) is 0.682. The number of rotatable bonds is 5. The molecule has 1 amide bonds. The summed E-state index contributed by atoms with van der Waals surface area (Å²) in [4.78, 5) is 30.5. The molecule has 1 aromatic heterocycles. The third-order valence-corrected chi connectivity index (χ3v) is 6.61. The van der Waals surface area contributed by atoms with E-state index in [0.717, 1.165) is 90.1 Å². The van der Waals surface area contributed by atoms with Gasteiger partial charge in [-0.3, -0.25) is 14.7 Å². The third kappa shape index (κ3) is 5.03. The second-order valence-electron chi connectivity index (χ2n) is 8.43. The number of nitrogens with one attached hydrogen (secondary N) is 1. The number of hydrogen-bond donors (Lipinski definition) is 1. The van der Waals surface area contributed by atoms with Gasteiger partial charge in [-0.15, -0.1) is 0 Å². The van der Waals surface area contributed by atoms with Crippen LogP contribution in [0.25, 0.3) is 0 Å². The Kier molecular flexibility index (Phi) is 7.04. The lowest BCUT2D eigenvalue weighted by Gasteiger charge is -2.39. The highest BCUT2D eigenvalue weighted by Crippen LogP contribution is 2.28. The number of amides is 1. The molecule has 8 heteroatoms. The van der Waals surface area contributed by atoms with Gasteiger partial charge in [0.05, 0.1) is 0 Å². The SMILES string of the molecule is CN=C(NCCN1CCN(C(=O)C2CCC2)CC1)N1CCN(c2ccccn2)CC1. The maximum absolute atomic E-state index is 12.4. The number of guanidine groups is 1. The number of aliphatic imine (C=N–C) groups is 1. The van der Waals surface area contributed by atoms with Crippen LogP contribution in [0.1, 0.15) is 19.3 Å². The number of hydrogen-bond acceptors (Lipinski definition) is 5. The van der Waals surface area contributed by atoms with Crippen molar-refractivity contribution in [1.82, 2.24) is 25.0 Å². The van der Waals surface area contributed by atoms with E-state index in [9.17, 15) is 4.79 Å². The average Bonchev–Trinajstić information content (AvgIpc) is 2.77. The monoisotopic (exact) mass is 413 g/mol. The second kappa shape index (κ2) is 10.1. The van der Waals surface area contributed by atoms with Crippen LogP contribution in [0, 0.1) is 5.92 Å². The summed E-state index contributed by atoms with van der Waals surface area (Å²) in [5.41, 5.74) is 0. The van der Waals surface area contributed by atoms with Crippen molar-refractivity contribution in [3.05, 3.63) is 24.4 Å². The predicted molar refractivity (Wildman–Crippen MR) is 120 cm³/mol. The largest absolute Gasteiger partial charge is 0.355 e. The molecule has 8 nitrogen and oxygen atoms in total. The molecule has 4 rings (SSSR count). The van der Waals surface area contributed by atoms with Crippen molar-refractivity contribution in [3.8, 4) is 0 Å². The summed E-state index contributed by atoms with van der Waals surface area (Å²) in [7, 11) is 1.86. The van der Waals surface area contributed by atoms with Gasteiger partial charge < -0.3 is 20.0 Å². The molecule has 30 heavy (non-hydrogen) atoms. The Morgan fingerprint density at radius 1 is 1.07 bits per heavy atom. The molecular weight excluding hydrogens is 378 g/mol. The van der Waals surface area contributed by atoms with Gasteiger partial charge in [-0.25, -0.2) is 4.98 Å². The first kappa shape index (κ1) is 20.9. The van der Waals surface area contributed by atoms with Gasteiger partial charge in [0.15, 0.2) is 5.96 Å². The van der Waals surface area contributed by atoms with Crippen molar-refractivity contribution in [2.75, 3.05) is 77.4 Å². The Balaban J connectivity index is 1.15. The van der Waals surface area contributed by atoms with E-state index >= 15 is 0 Å². The molecule has 0 spiro atoms. The summed E-state index contributed by atoms with van der Waals surface area (Å²) in [5, 5.41) is 3.53. The predicted octanol–water partition coefficient (Wildman–Crippen LogP) is 0.723. The first-order valence-electron chi connectivity index (χ1n) is 11.4. The minimum absolute atomic E-state index is 0.319. The Labute approximate surface area is 179 Å². The quantitative estimate of drug-likeness (QED) is 0.567. The normalized spacial score (nSPS) is 21.5. The van der Waals surface area contributed by atoms with E-state index in [2.05, 4.69) is 41.0 Å². The lowest BCUT2D eigenvalue weighted by molar-refractivity contribution is -0.139. The van der Waals surface area contributed by atoms with Crippen LogP contribution in [-0.2, 0) is 4.79 Å². The highest BCUT2D eigenvalue weighted by atomic mass is 16.2. The summed E-state index contributed by atoms with van der Waals surface area (Å²) >= 11 is 0. The summed E-state index contributed by atoms with van der Waals surface area (Å²) in [6.07, 6.45) is 5.27. The van der Waals surface area contributed by atoms with E-state index in [-0.39, 0.29) is 0 Å². The van der Waals surface area contributed by atoms with Gasteiger partial charge in [0, 0.05) is 84.6 Å². The van der Waals surface area contributed by atoms with Crippen LogP contribution in [0.5, 0.6) is 0 Å². The molecule has 0 unspecified atom stereocenters. The van der Waals surface area contributed by atoms with E-state index in [1.807, 2.05) is 25.4 Å². The number of piperazine rings is 2. The minimum Gasteiger partial charge on any atom is -0.355 e. The van der Waals surface area contributed by atoms with Crippen LogP contribution in [0.4, 0.5) is 5.82 Å². The molecule has 0 atom stereocenters. The molecule has 0 aromatic carbocycles. The van der Waals surface area contributed by atoms with Crippen LogP contribution >= 0.6 is 0 Å². The van der Waals surface area contributed by atoms with Gasteiger partial charge >= 0.3 is 0 Å². The molecule has 2 saturated heterocycles. The number of aromatic nitrogens is 1. The maximum atomic E-state index is 12.4. The topological polar surface area (TPSA) is 67.3 Å². The summed E-state index contributed by atoms with van der Waals surface area (Å²) in [6, 6.07) is 6.07. The highest BCUT2D eigenvalue weighted by molar-refractivity contribution is 5.80. The molecule has 3 heterocycles. The Morgan fingerprint density at radius 2 is 1.80 bits per heavy atom. The van der Waals surface area contributed by atoms with Gasteiger partial charge in [0.2, 0.25) is 5.91 Å². The van der Waals surface area contributed by atoms with Gasteiger partial charge in [0.25, 0.3) is 0 Å². The summed E-state index contributed by atoms with van der Waals surface area (Å²) < 4.78 is 0. The van der Waals surface area contributed by atoms with Crippen molar-refractivity contribution in [1.29, 1.82) is 0 Å². The minimum atomic E-state index is 0.319. The van der Waals surface area contributed by atoms with Gasteiger partial charge in [0.1, 0.15) is 5.82 Å². The van der Waals surface area contributed by atoms with Crippen molar-refractivity contribution in [2.24, 2.45) is 10.9 Å². The molecule has 1 aromatic rings. The smallest absolute Gasteiger partial charge is 0.225 e.